The molecule has 0 fully saturated rings. The number of esters is 1. The third-order valence-electron chi connectivity index (χ3n) is 2.66. The maximum Gasteiger partial charge on any atom is 0.331 e. The summed E-state index contributed by atoms with van der Waals surface area (Å²) in [5.74, 6) is -0.245. The molecular weight excluding hydrogens is 268 g/mol. The highest BCUT2D eigenvalue weighted by atomic mass is 79.9. The topological polar surface area (TPSA) is 26.3 Å². The van der Waals surface area contributed by atoms with Crippen LogP contribution in [0.5, 0.6) is 0 Å². The first-order valence-electron chi connectivity index (χ1n) is 5.37. The fraction of sp³-hybridized carbons (Fsp3) is 0.308. The number of hydrogen-bond acceptors (Lipinski definition) is 2. The van der Waals surface area contributed by atoms with Crippen LogP contribution in [0, 0.1) is 0 Å². The number of rotatable bonds is 2. The van der Waals surface area contributed by atoms with Crippen LogP contribution in [0.25, 0.3) is 5.57 Å². The van der Waals surface area contributed by atoms with Gasteiger partial charge in [-0.3, -0.25) is 0 Å². The van der Waals surface area contributed by atoms with Gasteiger partial charge in [0.15, 0.2) is 0 Å². The quantitative estimate of drug-likeness (QED) is 0.614. The lowest BCUT2D eigenvalue weighted by Crippen LogP contribution is -2.00. The number of aryl methyl sites for hydroxylation is 1. The number of halogens is 1. The summed E-state index contributed by atoms with van der Waals surface area (Å²) in [6, 6.07) is 6.20. The predicted octanol–water partition coefficient (Wildman–Crippen LogP) is 3.34. The number of fused-ring (bicyclic) bond motifs is 1. The van der Waals surface area contributed by atoms with Crippen LogP contribution in [-0.4, -0.2) is 12.6 Å². The van der Waals surface area contributed by atoms with Crippen LogP contribution < -0.4 is 0 Å². The molecule has 0 N–H and O–H groups in total. The molecule has 1 aromatic carbocycles. The Hall–Kier alpha value is -1.09. The van der Waals surface area contributed by atoms with Crippen molar-refractivity contribution in [1.82, 2.24) is 0 Å². The van der Waals surface area contributed by atoms with Gasteiger partial charge in [-0.05, 0) is 48.6 Å². The predicted molar refractivity (Wildman–Crippen MR) is 67.1 cm³/mol. The van der Waals surface area contributed by atoms with E-state index in [9.17, 15) is 4.79 Å². The van der Waals surface area contributed by atoms with Crippen molar-refractivity contribution in [2.45, 2.75) is 19.8 Å². The number of carbonyl (C=O) groups excluding carboxylic acids is 1. The van der Waals surface area contributed by atoms with Gasteiger partial charge in [-0.25, -0.2) is 4.79 Å². The number of hydrogen-bond donors (Lipinski definition) is 0. The minimum Gasteiger partial charge on any atom is -0.463 e. The molecule has 0 saturated heterocycles. The molecule has 0 saturated carbocycles. The summed E-state index contributed by atoms with van der Waals surface area (Å²) in [6.07, 6.45) is 3.54. The van der Waals surface area contributed by atoms with Gasteiger partial charge in [-0.15, -0.1) is 0 Å². The van der Waals surface area contributed by atoms with Crippen molar-refractivity contribution in [3.05, 3.63) is 39.9 Å². The van der Waals surface area contributed by atoms with Gasteiger partial charge in [-0.1, -0.05) is 22.0 Å². The molecular formula is C13H13BrO2. The minimum absolute atomic E-state index is 0.245. The van der Waals surface area contributed by atoms with Crippen molar-refractivity contribution in [2.75, 3.05) is 6.61 Å². The zero-order valence-corrected chi connectivity index (χ0v) is 10.7. The third kappa shape index (κ3) is 2.35. The van der Waals surface area contributed by atoms with Crippen molar-refractivity contribution < 1.29 is 9.53 Å². The first-order chi connectivity index (χ1) is 7.70. The van der Waals surface area contributed by atoms with E-state index in [2.05, 4.69) is 28.1 Å². The number of carbonyl (C=O) groups is 1. The van der Waals surface area contributed by atoms with E-state index >= 15 is 0 Å². The summed E-state index contributed by atoms with van der Waals surface area (Å²) in [5, 5.41) is 0. The molecule has 0 radical (unpaired) electrons. The van der Waals surface area contributed by atoms with Crippen molar-refractivity contribution in [3.8, 4) is 0 Å². The molecule has 0 heterocycles. The van der Waals surface area contributed by atoms with E-state index in [0.29, 0.717) is 6.61 Å². The summed E-state index contributed by atoms with van der Waals surface area (Å²) in [6.45, 7) is 2.24. The lowest BCUT2D eigenvalue weighted by atomic mass is 10.1. The fourth-order valence-corrected chi connectivity index (χ4v) is 2.31. The molecule has 0 unspecified atom stereocenters. The Morgan fingerprint density at radius 3 is 3.06 bits per heavy atom. The molecule has 2 rings (SSSR count). The molecule has 0 amide bonds. The highest BCUT2D eigenvalue weighted by molar-refractivity contribution is 9.10. The zero-order chi connectivity index (χ0) is 11.5. The standard InChI is InChI=1S/C13H13BrO2/c1-2-16-13(15)7-10-4-3-9-5-6-11(14)8-12(9)10/h5-8H,2-4H2,1H3/b10-7-. The van der Waals surface area contributed by atoms with Gasteiger partial charge in [0.25, 0.3) is 0 Å². The Morgan fingerprint density at radius 1 is 1.50 bits per heavy atom. The van der Waals surface area contributed by atoms with Crippen LogP contribution in [0.3, 0.4) is 0 Å². The highest BCUT2D eigenvalue weighted by Crippen LogP contribution is 2.33. The van der Waals surface area contributed by atoms with Crippen molar-refractivity contribution in [2.24, 2.45) is 0 Å². The van der Waals surface area contributed by atoms with Crippen molar-refractivity contribution >= 4 is 27.5 Å². The van der Waals surface area contributed by atoms with E-state index in [0.717, 1.165) is 22.9 Å². The summed E-state index contributed by atoms with van der Waals surface area (Å²) < 4.78 is 5.97. The Kier molecular flexibility index (Phi) is 3.44. The molecule has 1 aliphatic carbocycles. The third-order valence-corrected chi connectivity index (χ3v) is 3.15. The molecule has 0 bridgehead atoms. The lowest BCUT2D eigenvalue weighted by Gasteiger charge is -2.02. The molecule has 0 spiro atoms. The number of benzene rings is 1. The van der Waals surface area contributed by atoms with Gasteiger partial charge >= 0.3 is 5.97 Å². The van der Waals surface area contributed by atoms with Crippen molar-refractivity contribution in [1.29, 1.82) is 0 Å². The van der Waals surface area contributed by atoms with Crippen LogP contribution in [-0.2, 0) is 16.0 Å². The molecule has 0 aliphatic heterocycles. The summed E-state index contributed by atoms with van der Waals surface area (Å²) in [5.41, 5.74) is 3.55. The van der Waals surface area contributed by atoms with Crippen LogP contribution >= 0.6 is 15.9 Å². The SMILES string of the molecule is CCOC(=O)/C=C1/CCc2ccc(Br)cc21. The smallest absolute Gasteiger partial charge is 0.331 e. The van der Waals surface area contributed by atoms with Crippen molar-refractivity contribution in [3.63, 3.8) is 0 Å². The average molecular weight is 281 g/mol. The Labute approximate surface area is 103 Å². The van der Waals surface area contributed by atoms with Gasteiger partial charge in [-0.2, -0.15) is 0 Å². The summed E-state index contributed by atoms with van der Waals surface area (Å²) >= 11 is 3.45. The number of allylic oxidation sites excluding steroid dienone is 1. The average Bonchev–Trinajstić information content (AvgIpc) is 2.61. The molecule has 2 nitrogen and oxygen atoms in total. The van der Waals surface area contributed by atoms with E-state index in [1.54, 1.807) is 6.08 Å². The molecule has 0 aromatic heterocycles. The fourth-order valence-electron chi connectivity index (χ4n) is 1.95. The van der Waals surface area contributed by atoms with E-state index in [1.165, 1.54) is 11.1 Å². The molecule has 1 aliphatic rings. The van der Waals surface area contributed by atoms with E-state index in [4.69, 9.17) is 4.74 Å². The highest BCUT2D eigenvalue weighted by Gasteiger charge is 2.17. The van der Waals surface area contributed by atoms with Gasteiger partial charge in [0.1, 0.15) is 0 Å². The summed E-state index contributed by atoms with van der Waals surface area (Å²) in [7, 11) is 0. The van der Waals surface area contributed by atoms with E-state index in [-0.39, 0.29) is 5.97 Å². The first kappa shape index (κ1) is 11.4. The maximum absolute atomic E-state index is 11.4. The normalized spacial score (nSPS) is 16.2. The maximum atomic E-state index is 11.4. The number of ether oxygens (including phenoxy) is 1. The second-order valence-electron chi connectivity index (χ2n) is 3.72. The second-order valence-corrected chi connectivity index (χ2v) is 4.64. The van der Waals surface area contributed by atoms with Crippen LogP contribution in [0.1, 0.15) is 24.5 Å². The molecule has 1 aromatic rings. The Bertz CT molecular complexity index is 449. The minimum atomic E-state index is -0.245. The lowest BCUT2D eigenvalue weighted by molar-refractivity contribution is -0.137. The Balaban J connectivity index is 2.29. The van der Waals surface area contributed by atoms with Crippen LogP contribution in [0.4, 0.5) is 0 Å². The first-order valence-corrected chi connectivity index (χ1v) is 6.16. The van der Waals surface area contributed by atoms with Gasteiger partial charge in [0.05, 0.1) is 6.61 Å². The van der Waals surface area contributed by atoms with Crippen LogP contribution in [0.15, 0.2) is 28.7 Å². The van der Waals surface area contributed by atoms with E-state index < -0.39 is 0 Å². The van der Waals surface area contributed by atoms with Gasteiger partial charge < -0.3 is 4.74 Å². The molecule has 0 atom stereocenters. The van der Waals surface area contributed by atoms with Gasteiger partial charge in [0.2, 0.25) is 0 Å². The molecule has 3 heteroatoms. The summed E-state index contributed by atoms with van der Waals surface area (Å²) in [4.78, 5) is 11.4. The zero-order valence-electron chi connectivity index (χ0n) is 9.13. The molecule has 84 valence electrons. The second kappa shape index (κ2) is 4.83. The monoisotopic (exact) mass is 280 g/mol. The molecule has 16 heavy (non-hydrogen) atoms. The largest absolute Gasteiger partial charge is 0.463 e. The Morgan fingerprint density at radius 2 is 2.31 bits per heavy atom. The van der Waals surface area contributed by atoms with Crippen LogP contribution in [0.2, 0.25) is 0 Å². The van der Waals surface area contributed by atoms with Gasteiger partial charge in [0, 0.05) is 10.5 Å². The van der Waals surface area contributed by atoms with E-state index in [1.807, 2.05) is 13.0 Å².